The Morgan fingerprint density at radius 2 is 2.06 bits per heavy atom. The Balaban J connectivity index is 3.53. The molecule has 17 heavy (non-hydrogen) atoms. The molecule has 0 aliphatic carbocycles. The molecule has 0 fully saturated rings. The normalized spacial score (nSPS) is 11.3. The number of benzene rings is 1. The summed E-state index contributed by atoms with van der Waals surface area (Å²) in [5.41, 5.74) is 4.30. The average Bonchev–Trinajstić information content (AvgIpc) is 2.20. The van der Waals surface area contributed by atoms with E-state index in [2.05, 4.69) is 28.0 Å². The minimum absolute atomic E-state index is 0.229. The van der Waals surface area contributed by atoms with Gasteiger partial charge in [0.1, 0.15) is 0 Å². The van der Waals surface area contributed by atoms with Crippen LogP contribution in [0.2, 0.25) is 0 Å². The fourth-order valence-corrected chi connectivity index (χ4v) is 2.81. The first-order valence-corrected chi connectivity index (χ1v) is 7.45. The van der Waals surface area contributed by atoms with Crippen molar-refractivity contribution in [3.8, 4) is 0 Å². The summed E-state index contributed by atoms with van der Waals surface area (Å²) in [6.45, 7) is 5.59. The van der Waals surface area contributed by atoms with Gasteiger partial charge in [-0.05, 0) is 24.6 Å². The van der Waals surface area contributed by atoms with Crippen molar-refractivity contribution in [2.45, 2.75) is 11.8 Å². The van der Waals surface area contributed by atoms with Gasteiger partial charge < -0.3 is 0 Å². The zero-order chi connectivity index (χ0) is 13.2. The van der Waals surface area contributed by atoms with Crippen molar-refractivity contribution in [3.63, 3.8) is 0 Å². The van der Waals surface area contributed by atoms with Gasteiger partial charge in [0.15, 0.2) is 9.84 Å². The van der Waals surface area contributed by atoms with E-state index in [0.29, 0.717) is 11.3 Å². The van der Waals surface area contributed by atoms with E-state index >= 15 is 0 Å². The van der Waals surface area contributed by atoms with Gasteiger partial charge in [-0.1, -0.05) is 22.5 Å². The van der Waals surface area contributed by atoms with Gasteiger partial charge in [-0.15, -0.1) is 0 Å². The molecule has 0 saturated carbocycles. The van der Waals surface area contributed by atoms with Crippen LogP contribution in [0, 0.1) is 6.92 Å². The minimum atomic E-state index is -3.31. The molecule has 0 bridgehead atoms. The molecule has 0 radical (unpaired) electrons. The summed E-state index contributed by atoms with van der Waals surface area (Å²) in [7, 11) is -1.87. The zero-order valence-corrected chi connectivity index (χ0v) is 12.3. The van der Waals surface area contributed by atoms with Gasteiger partial charge in [0.05, 0.1) is 17.7 Å². The molecule has 1 aromatic carbocycles. The largest absolute Gasteiger partial charge is 0.279 e. The van der Waals surface area contributed by atoms with E-state index in [4.69, 9.17) is 4.84 Å². The smallest absolute Gasteiger partial charge is 0.176 e. The maximum Gasteiger partial charge on any atom is 0.176 e. The van der Waals surface area contributed by atoms with Gasteiger partial charge in [0.25, 0.3) is 0 Å². The van der Waals surface area contributed by atoms with Crippen molar-refractivity contribution < 1.29 is 13.3 Å². The van der Waals surface area contributed by atoms with Crippen LogP contribution >= 0.6 is 15.9 Å². The molecule has 4 nitrogen and oxygen atoms in total. The van der Waals surface area contributed by atoms with E-state index in [-0.39, 0.29) is 4.90 Å². The van der Waals surface area contributed by atoms with Crippen LogP contribution in [0.1, 0.15) is 11.1 Å². The van der Waals surface area contributed by atoms with Crippen LogP contribution in [0.15, 0.2) is 28.1 Å². The number of sulfone groups is 1. The van der Waals surface area contributed by atoms with Gasteiger partial charge in [-0.2, -0.15) is 0 Å². The summed E-state index contributed by atoms with van der Waals surface area (Å²) >= 11 is 3.36. The highest BCUT2D eigenvalue weighted by Gasteiger charge is 2.18. The van der Waals surface area contributed by atoms with Crippen molar-refractivity contribution in [3.05, 3.63) is 34.3 Å². The summed E-state index contributed by atoms with van der Waals surface area (Å²) in [6.07, 6.45) is 1.17. The third kappa shape index (κ3) is 3.08. The Bertz CT molecular complexity index is 552. The van der Waals surface area contributed by atoms with E-state index in [1.54, 1.807) is 12.1 Å². The number of halogens is 1. The van der Waals surface area contributed by atoms with Crippen LogP contribution in [0.5, 0.6) is 0 Å². The van der Waals surface area contributed by atoms with Gasteiger partial charge in [0.2, 0.25) is 0 Å². The lowest BCUT2D eigenvalue weighted by atomic mass is 10.1. The fraction of sp³-hybridized carbons (Fsp3) is 0.273. The molecule has 0 aliphatic rings. The van der Waals surface area contributed by atoms with Crippen LogP contribution in [0.25, 0.3) is 5.70 Å². The van der Waals surface area contributed by atoms with E-state index in [1.807, 2.05) is 6.92 Å². The standard InChI is InChI=1S/C11H14BrNO3S/c1-7-9(12)5-6-10(17(4,14)15)11(7)8(2)13-16-3/h5-6,13H,2H2,1,3-4H3. The predicted molar refractivity (Wildman–Crippen MR) is 71.2 cm³/mol. The first-order chi connectivity index (χ1) is 7.79. The number of hydroxylamine groups is 1. The monoisotopic (exact) mass is 319 g/mol. The highest BCUT2D eigenvalue weighted by molar-refractivity contribution is 9.10. The number of hydrogen-bond donors (Lipinski definition) is 1. The van der Waals surface area contributed by atoms with Crippen LogP contribution in [-0.4, -0.2) is 21.8 Å². The molecule has 0 spiro atoms. The third-order valence-electron chi connectivity index (χ3n) is 2.29. The molecule has 94 valence electrons. The summed E-state index contributed by atoms with van der Waals surface area (Å²) in [4.78, 5) is 4.99. The Morgan fingerprint density at radius 3 is 2.53 bits per heavy atom. The number of hydrogen-bond acceptors (Lipinski definition) is 4. The molecule has 0 aromatic heterocycles. The Labute approximate surface area is 110 Å². The predicted octanol–water partition coefficient (Wildman–Crippen LogP) is 2.28. The highest BCUT2D eigenvalue weighted by Crippen LogP contribution is 2.30. The topological polar surface area (TPSA) is 55.4 Å². The average molecular weight is 320 g/mol. The SMILES string of the molecule is C=C(NOC)c1c(S(C)(=O)=O)ccc(Br)c1C. The van der Waals surface area contributed by atoms with Crippen LogP contribution in [-0.2, 0) is 14.7 Å². The Hall–Kier alpha value is -0.850. The molecule has 1 aromatic rings. The van der Waals surface area contributed by atoms with Crippen molar-refractivity contribution in [2.75, 3.05) is 13.4 Å². The molecule has 6 heteroatoms. The second kappa shape index (κ2) is 5.20. The minimum Gasteiger partial charge on any atom is -0.279 e. The molecule has 0 atom stereocenters. The summed E-state index contributed by atoms with van der Waals surface area (Å²) < 4.78 is 24.2. The molecule has 1 rings (SSSR count). The van der Waals surface area contributed by atoms with Gasteiger partial charge in [-0.25, -0.2) is 8.42 Å². The summed E-state index contributed by atoms with van der Waals surface area (Å²) in [6, 6.07) is 3.25. The molecule has 0 amide bonds. The molecule has 0 aliphatic heterocycles. The lowest BCUT2D eigenvalue weighted by molar-refractivity contribution is 0.136. The maximum atomic E-state index is 11.7. The summed E-state index contributed by atoms with van der Waals surface area (Å²) in [5.74, 6) is 0. The van der Waals surface area contributed by atoms with Crippen molar-refractivity contribution >= 4 is 31.5 Å². The van der Waals surface area contributed by atoms with Crippen LogP contribution < -0.4 is 5.48 Å². The highest BCUT2D eigenvalue weighted by atomic mass is 79.9. The Kier molecular flexibility index (Phi) is 4.35. The van der Waals surface area contributed by atoms with Crippen molar-refractivity contribution in [1.29, 1.82) is 0 Å². The molecular weight excluding hydrogens is 306 g/mol. The van der Waals surface area contributed by atoms with E-state index in [9.17, 15) is 8.42 Å². The number of nitrogens with one attached hydrogen (secondary N) is 1. The first kappa shape index (κ1) is 14.2. The number of rotatable bonds is 4. The first-order valence-electron chi connectivity index (χ1n) is 4.76. The van der Waals surface area contributed by atoms with Gasteiger partial charge in [-0.3, -0.25) is 10.3 Å². The molecule has 1 N–H and O–H groups in total. The van der Waals surface area contributed by atoms with E-state index in [1.165, 1.54) is 13.4 Å². The van der Waals surface area contributed by atoms with Crippen LogP contribution in [0.3, 0.4) is 0 Å². The van der Waals surface area contributed by atoms with E-state index < -0.39 is 9.84 Å². The molecular formula is C11H14BrNO3S. The fourth-order valence-electron chi connectivity index (χ4n) is 1.52. The molecule has 0 unspecified atom stereocenters. The molecule has 0 saturated heterocycles. The van der Waals surface area contributed by atoms with Crippen LogP contribution in [0.4, 0.5) is 0 Å². The van der Waals surface area contributed by atoms with Crippen molar-refractivity contribution in [1.82, 2.24) is 5.48 Å². The Morgan fingerprint density at radius 1 is 1.47 bits per heavy atom. The molecule has 0 heterocycles. The van der Waals surface area contributed by atoms with Crippen molar-refractivity contribution in [2.24, 2.45) is 0 Å². The lowest BCUT2D eigenvalue weighted by Gasteiger charge is -2.15. The third-order valence-corrected chi connectivity index (χ3v) is 4.29. The lowest BCUT2D eigenvalue weighted by Crippen LogP contribution is -2.13. The van der Waals surface area contributed by atoms with E-state index in [0.717, 1.165) is 10.0 Å². The zero-order valence-electron chi connectivity index (χ0n) is 9.87. The summed E-state index contributed by atoms with van der Waals surface area (Å²) in [5, 5.41) is 0. The maximum absolute atomic E-state index is 11.7. The van der Waals surface area contributed by atoms with Gasteiger partial charge in [0, 0.05) is 16.3 Å². The second-order valence-corrected chi connectivity index (χ2v) is 6.44. The second-order valence-electron chi connectivity index (χ2n) is 3.60. The van der Waals surface area contributed by atoms with Gasteiger partial charge >= 0.3 is 0 Å². The quantitative estimate of drug-likeness (QED) is 0.865.